The van der Waals surface area contributed by atoms with E-state index in [4.69, 9.17) is 0 Å². The van der Waals surface area contributed by atoms with Gasteiger partial charge in [0.1, 0.15) is 0 Å². The van der Waals surface area contributed by atoms with E-state index < -0.39 is 0 Å². The molecule has 1 saturated heterocycles. The molecule has 0 aromatic carbocycles. The summed E-state index contributed by atoms with van der Waals surface area (Å²) >= 11 is 0. The van der Waals surface area contributed by atoms with Crippen LogP contribution >= 0.6 is 0 Å². The first-order valence-corrected chi connectivity index (χ1v) is 6.26. The zero-order chi connectivity index (χ0) is 11.8. The van der Waals surface area contributed by atoms with Crippen LogP contribution < -0.4 is 5.32 Å². The van der Waals surface area contributed by atoms with Crippen molar-refractivity contribution in [3.8, 4) is 0 Å². The van der Waals surface area contributed by atoms with Crippen LogP contribution in [0.2, 0.25) is 0 Å². The molecule has 1 saturated carbocycles. The molecule has 0 radical (unpaired) electrons. The van der Waals surface area contributed by atoms with Crippen molar-refractivity contribution in [1.29, 1.82) is 0 Å². The van der Waals surface area contributed by atoms with Crippen LogP contribution in [-0.4, -0.2) is 54.6 Å². The number of likely N-dealkylation sites (N-methyl/N-ethyl adjacent to an activating group) is 1. The SMILES string of the molecule is CC(CN(C)C)N1CNC2(CCCC2)C1=O. The second kappa shape index (κ2) is 4.34. The Morgan fingerprint density at radius 3 is 2.62 bits per heavy atom. The van der Waals surface area contributed by atoms with E-state index in [9.17, 15) is 4.79 Å². The summed E-state index contributed by atoms with van der Waals surface area (Å²) in [4.78, 5) is 16.5. The maximum absolute atomic E-state index is 12.4. The molecule has 1 spiro atoms. The lowest BCUT2D eigenvalue weighted by atomic mass is 9.97. The molecule has 92 valence electrons. The molecule has 1 atom stereocenters. The maximum atomic E-state index is 12.4. The Balaban J connectivity index is 2.01. The average Bonchev–Trinajstić information content (AvgIpc) is 2.77. The molecule has 1 heterocycles. The molecule has 1 unspecified atom stereocenters. The normalized spacial score (nSPS) is 26.0. The van der Waals surface area contributed by atoms with E-state index in [1.54, 1.807) is 0 Å². The summed E-state index contributed by atoms with van der Waals surface area (Å²) in [6.07, 6.45) is 4.43. The van der Waals surface area contributed by atoms with Gasteiger partial charge in [0.15, 0.2) is 0 Å². The lowest BCUT2D eigenvalue weighted by Crippen LogP contribution is -2.46. The molecule has 4 nitrogen and oxygen atoms in total. The molecule has 1 aliphatic heterocycles. The molecular formula is C12H23N3O. The predicted molar refractivity (Wildman–Crippen MR) is 64.1 cm³/mol. The third-order valence-corrected chi connectivity index (χ3v) is 3.88. The van der Waals surface area contributed by atoms with E-state index >= 15 is 0 Å². The fourth-order valence-electron chi connectivity index (χ4n) is 3.01. The van der Waals surface area contributed by atoms with Crippen molar-refractivity contribution in [3.05, 3.63) is 0 Å². The van der Waals surface area contributed by atoms with Crippen molar-refractivity contribution < 1.29 is 4.79 Å². The molecule has 4 heteroatoms. The van der Waals surface area contributed by atoms with Crippen LogP contribution in [0.5, 0.6) is 0 Å². The molecular weight excluding hydrogens is 202 g/mol. The summed E-state index contributed by atoms with van der Waals surface area (Å²) < 4.78 is 0. The average molecular weight is 225 g/mol. The second-order valence-electron chi connectivity index (χ2n) is 5.51. The summed E-state index contributed by atoms with van der Waals surface area (Å²) in [7, 11) is 4.10. The zero-order valence-corrected chi connectivity index (χ0v) is 10.6. The van der Waals surface area contributed by atoms with Crippen molar-refractivity contribution in [2.24, 2.45) is 0 Å². The molecule has 16 heavy (non-hydrogen) atoms. The van der Waals surface area contributed by atoms with Crippen LogP contribution in [0.3, 0.4) is 0 Å². The Kier molecular flexibility index (Phi) is 3.22. The highest BCUT2D eigenvalue weighted by Crippen LogP contribution is 2.34. The first-order chi connectivity index (χ1) is 7.55. The minimum atomic E-state index is -0.194. The van der Waals surface area contributed by atoms with Crippen LogP contribution in [0, 0.1) is 0 Å². The van der Waals surface area contributed by atoms with Crippen LogP contribution in [0.25, 0.3) is 0 Å². The number of nitrogens with one attached hydrogen (secondary N) is 1. The lowest BCUT2D eigenvalue weighted by Gasteiger charge is -2.28. The van der Waals surface area contributed by atoms with Gasteiger partial charge in [-0.1, -0.05) is 12.8 Å². The van der Waals surface area contributed by atoms with Gasteiger partial charge < -0.3 is 9.80 Å². The van der Waals surface area contributed by atoms with Crippen LogP contribution in [0.15, 0.2) is 0 Å². The minimum Gasteiger partial charge on any atom is -0.324 e. The number of rotatable bonds is 3. The van der Waals surface area contributed by atoms with E-state index in [1.807, 2.05) is 4.90 Å². The molecule has 1 amide bonds. The molecule has 1 aliphatic carbocycles. The molecule has 1 N–H and O–H groups in total. The Bertz CT molecular complexity index is 271. The molecule has 0 aromatic heterocycles. The van der Waals surface area contributed by atoms with Crippen molar-refractivity contribution in [2.75, 3.05) is 27.3 Å². The maximum Gasteiger partial charge on any atom is 0.244 e. The van der Waals surface area contributed by atoms with Gasteiger partial charge >= 0.3 is 0 Å². The number of hydrogen-bond donors (Lipinski definition) is 1. The standard InChI is InChI=1S/C12H23N3O/c1-10(8-14(2)3)15-9-13-12(11(15)16)6-4-5-7-12/h10,13H,4-9H2,1-3H3. The highest BCUT2D eigenvalue weighted by molar-refractivity contribution is 5.88. The number of nitrogens with zero attached hydrogens (tertiary/aromatic N) is 2. The minimum absolute atomic E-state index is 0.194. The smallest absolute Gasteiger partial charge is 0.244 e. The van der Waals surface area contributed by atoms with Crippen LogP contribution in [0.4, 0.5) is 0 Å². The molecule has 2 fully saturated rings. The number of amides is 1. The molecule has 0 aromatic rings. The van der Waals surface area contributed by atoms with Gasteiger partial charge in [0, 0.05) is 12.6 Å². The number of hydrogen-bond acceptors (Lipinski definition) is 3. The fraction of sp³-hybridized carbons (Fsp3) is 0.917. The Labute approximate surface area is 98.0 Å². The van der Waals surface area contributed by atoms with E-state index in [1.165, 1.54) is 12.8 Å². The third-order valence-electron chi connectivity index (χ3n) is 3.88. The summed E-state index contributed by atoms with van der Waals surface area (Å²) in [6, 6.07) is 0.301. The number of carbonyl (C=O) groups excluding carboxylic acids is 1. The molecule has 2 aliphatic rings. The summed E-state index contributed by atoms with van der Waals surface area (Å²) in [5.41, 5.74) is -0.194. The Morgan fingerprint density at radius 2 is 2.06 bits per heavy atom. The first-order valence-electron chi connectivity index (χ1n) is 6.26. The molecule has 2 rings (SSSR count). The van der Waals surface area contributed by atoms with E-state index in [2.05, 4.69) is 31.2 Å². The fourth-order valence-corrected chi connectivity index (χ4v) is 3.01. The van der Waals surface area contributed by atoms with E-state index in [0.717, 1.165) is 26.1 Å². The van der Waals surface area contributed by atoms with Crippen LogP contribution in [0.1, 0.15) is 32.6 Å². The van der Waals surface area contributed by atoms with Gasteiger partial charge in [-0.3, -0.25) is 10.1 Å². The van der Waals surface area contributed by atoms with Crippen molar-refractivity contribution in [2.45, 2.75) is 44.2 Å². The van der Waals surface area contributed by atoms with Gasteiger partial charge in [-0.15, -0.1) is 0 Å². The highest BCUT2D eigenvalue weighted by atomic mass is 16.2. The van der Waals surface area contributed by atoms with E-state index in [0.29, 0.717) is 11.9 Å². The second-order valence-corrected chi connectivity index (χ2v) is 5.51. The van der Waals surface area contributed by atoms with Crippen LogP contribution in [-0.2, 0) is 4.79 Å². The van der Waals surface area contributed by atoms with Crippen molar-refractivity contribution >= 4 is 5.91 Å². The van der Waals surface area contributed by atoms with Gasteiger partial charge in [0.05, 0.1) is 12.2 Å². The third kappa shape index (κ3) is 1.96. The summed E-state index contributed by atoms with van der Waals surface area (Å²) in [5, 5.41) is 3.44. The zero-order valence-electron chi connectivity index (χ0n) is 10.6. The first kappa shape index (κ1) is 11.9. The van der Waals surface area contributed by atoms with Gasteiger partial charge in [0.2, 0.25) is 5.91 Å². The largest absolute Gasteiger partial charge is 0.324 e. The summed E-state index contributed by atoms with van der Waals surface area (Å²) in [5.74, 6) is 0.333. The van der Waals surface area contributed by atoms with Gasteiger partial charge in [0.25, 0.3) is 0 Å². The van der Waals surface area contributed by atoms with Gasteiger partial charge in [-0.2, -0.15) is 0 Å². The van der Waals surface area contributed by atoms with Gasteiger partial charge in [-0.25, -0.2) is 0 Å². The predicted octanol–water partition coefficient (Wildman–Crippen LogP) is 0.639. The Morgan fingerprint density at radius 1 is 1.44 bits per heavy atom. The topological polar surface area (TPSA) is 35.6 Å². The molecule has 0 bridgehead atoms. The Hall–Kier alpha value is -0.610. The highest BCUT2D eigenvalue weighted by Gasteiger charge is 2.48. The van der Waals surface area contributed by atoms with E-state index in [-0.39, 0.29) is 5.54 Å². The lowest BCUT2D eigenvalue weighted by molar-refractivity contribution is -0.134. The van der Waals surface area contributed by atoms with Gasteiger partial charge in [-0.05, 0) is 33.9 Å². The monoisotopic (exact) mass is 225 g/mol. The van der Waals surface area contributed by atoms with Crippen molar-refractivity contribution in [1.82, 2.24) is 15.1 Å². The number of carbonyl (C=O) groups is 1. The summed E-state index contributed by atoms with van der Waals surface area (Å²) in [6.45, 7) is 3.80. The quantitative estimate of drug-likeness (QED) is 0.765. The van der Waals surface area contributed by atoms with Crippen molar-refractivity contribution in [3.63, 3.8) is 0 Å².